The van der Waals surface area contributed by atoms with Crippen LogP contribution in [0.3, 0.4) is 0 Å². The monoisotopic (exact) mass is 313 g/mol. The van der Waals surface area contributed by atoms with Crippen LogP contribution in [-0.4, -0.2) is 19.1 Å². The molecular weight excluding hydrogens is 290 g/mol. The highest BCUT2D eigenvalue weighted by atomic mass is 16.5. The summed E-state index contributed by atoms with van der Waals surface area (Å²) in [6.07, 6.45) is 0.0228. The van der Waals surface area contributed by atoms with Gasteiger partial charge in [0, 0.05) is 11.8 Å². The standard InChI is InChI=1S/C19H23NO3/c1-5-17(23-16-11-7-10-15(12-16)22-4)19(21)20-18-13(2)8-6-9-14(18)3/h6-12,17H,5H2,1-4H3,(H,20,21). The molecule has 0 aliphatic heterocycles. The van der Waals surface area contributed by atoms with E-state index in [9.17, 15) is 4.79 Å². The van der Waals surface area contributed by atoms with E-state index in [2.05, 4.69) is 5.32 Å². The lowest BCUT2D eigenvalue weighted by molar-refractivity contribution is -0.122. The summed E-state index contributed by atoms with van der Waals surface area (Å²) in [5.41, 5.74) is 2.93. The second-order valence-corrected chi connectivity index (χ2v) is 5.45. The normalized spacial score (nSPS) is 11.7. The average Bonchev–Trinajstić information content (AvgIpc) is 2.56. The molecule has 0 aliphatic carbocycles. The first-order chi connectivity index (χ1) is 11.0. The molecular formula is C19H23NO3. The van der Waals surface area contributed by atoms with E-state index in [0.717, 1.165) is 16.8 Å². The Morgan fingerprint density at radius 1 is 1.09 bits per heavy atom. The molecule has 2 aromatic carbocycles. The van der Waals surface area contributed by atoms with Gasteiger partial charge in [-0.3, -0.25) is 4.79 Å². The Labute approximate surface area is 137 Å². The van der Waals surface area contributed by atoms with Gasteiger partial charge < -0.3 is 14.8 Å². The van der Waals surface area contributed by atoms with Crippen molar-refractivity contribution in [2.24, 2.45) is 0 Å². The quantitative estimate of drug-likeness (QED) is 0.873. The molecule has 0 fully saturated rings. The number of anilines is 1. The molecule has 4 nitrogen and oxygen atoms in total. The highest BCUT2D eigenvalue weighted by Gasteiger charge is 2.20. The Kier molecular flexibility index (Phi) is 5.63. The Balaban J connectivity index is 2.12. The highest BCUT2D eigenvalue weighted by molar-refractivity contribution is 5.95. The Bertz CT molecular complexity index is 662. The largest absolute Gasteiger partial charge is 0.497 e. The Morgan fingerprint density at radius 3 is 2.30 bits per heavy atom. The molecule has 2 aromatic rings. The number of carbonyl (C=O) groups excluding carboxylic acids is 1. The molecule has 122 valence electrons. The molecule has 0 heterocycles. The van der Waals surface area contributed by atoms with Gasteiger partial charge in [0.25, 0.3) is 5.91 Å². The number of methoxy groups -OCH3 is 1. The molecule has 0 aromatic heterocycles. The number of ether oxygens (including phenoxy) is 2. The predicted molar refractivity (Wildman–Crippen MR) is 92.2 cm³/mol. The van der Waals surface area contributed by atoms with E-state index in [1.165, 1.54) is 0 Å². The van der Waals surface area contributed by atoms with Gasteiger partial charge in [0.2, 0.25) is 0 Å². The van der Waals surface area contributed by atoms with Crippen LogP contribution in [0.1, 0.15) is 24.5 Å². The van der Waals surface area contributed by atoms with E-state index < -0.39 is 6.10 Å². The summed E-state index contributed by atoms with van der Waals surface area (Å²) in [4.78, 5) is 12.5. The fourth-order valence-corrected chi connectivity index (χ4v) is 2.38. The van der Waals surface area contributed by atoms with Crippen LogP contribution in [0.5, 0.6) is 11.5 Å². The molecule has 0 saturated heterocycles. The number of aryl methyl sites for hydroxylation is 2. The minimum absolute atomic E-state index is 0.146. The maximum absolute atomic E-state index is 12.5. The molecule has 0 saturated carbocycles. The third kappa shape index (κ3) is 4.25. The molecule has 2 rings (SSSR count). The maximum Gasteiger partial charge on any atom is 0.265 e. The number of hydrogen-bond acceptors (Lipinski definition) is 3. The first-order valence-electron chi connectivity index (χ1n) is 7.73. The van der Waals surface area contributed by atoms with Crippen LogP contribution in [0.25, 0.3) is 0 Å². The van der Waals surface area contributed by atoms with Crippen LogP contribution >= 0.6 is 0 Å². The third-order valence-electron chi connectivity index (χ3n) is 3.71. The maximum atomic E-state index is 12.5. The fourth-order valence-electron chi connectivity index (χ4n) is 2.38. The minimum Gasteiger partial charge on any atom is -0.497 e. The lowest BCUT2D eigenvalue weighted by Gasteiger charge is -2.19. The fraction of sp³-hybridized carbons (Fsp3) is 0.316. The first-order valence-corrected chi connectivity index (χ1v) is 7.73. The summed E-state index contributed by atoms with van der Waals surface area (Å²) in [6.45, 7) is 5.88. The van der Waals surface area contributed by atoms with Crippen LogP contribution in [0.2, 0.25) is 0 Å². The predicted octanol–water partition coefficient (Wildman–Crippen LogP) is 4.11. The van der Waals surface area contributed by atoms with Crippen molar-refractivity contribution in [2.45, 2.75) is 33.3 Å². The average molecular weight is 313 g/mol. The van der Waals surface area contributed by atoms with Crippen LogP contribution in [-0.2, 0) is 4.79 Å². The van der Waals surface area contributed by atoms with E-state index >= 15 is 0 Å². The molecule has 1 amide bonds. The third-order valence-corrected chi connectivity index (χ3v) is 3.71. The zero-order chi connectivity index (χ0) is 16.8. The van der Waals surface area contributed by atoms with Crippen molar-refractivity contribution in [1.29, 1.82) is 0 Å². The Morgan fingerprint density at radius 2 is 1.70 bits per heavy atom. The van der Waals surface area contributed by atoms with Gasteiger partial charge in [-0.05, 0) is 43.5 Å². The molecule has 4 heteroatoms. The lowest BCUT2D eigenvalue weighted by atomic mass is 10.1. The molecule has 0 bridgehead atoms. The molecule has 0 spiro atoms. The van der Waals surface area contributed by atoms with Crippen molar-refractivity contribution in [3.63, 3.8) is 0 Å². The Hall–Kier alpha value is -2.49. The van der Waals surface area contributed by atoms with Gasteiger partial charge in [0.1, 0.15) is 11.5 Å². The summed E-state index contributed by atoms with van der Waals surface area (Å²) >= 11 is 0. The number of nitrogens with one attached hydrogen (secondary N) is 1. The van der Waals surface area contributed by atoms with Gasteiger partial charge in [-0.1, -0.05) is 31.2 Å². The van der Waals surface area contributed by atoms with E-state index in [1.807, 2.05) is 57.2 Å². The van der Waals surface area contributed by atoms with E-state index in [1.54, 1.807) is 13.2 Å². The first kappa shape index (κ1) is 16.9. The van der Waals surface area contributed by atoms with E-state index in [-0.39, 0.29) is 5.91 Å². The molecule has 1 N–H and O–H groups in total. The number of carbonyl (C=O) groups is 1. The molecule has 0 radical (unpaired) electrons. The van der Waals surface area contributed by atoms with Gasteiger partial charge in [-0.2, -0.15) is 0 Å². The second kappa shape index (κ2) is 7.68. The van der Waals surface area contributed by atoms with Gasteiger partial charge in [-0.15, -0.1) is 0 Å². The molecule has 1 atom stereocenters. The minimum atomic E-state index is -0.555. The number of hydrogen-bond donors (Lipinski definition) is 1. The van der Waals surface area contributed by atoms with Gasteiger partial charge in [0.05, 0.1) is 7.11 Å². The van der Waals surface area contributed by atoms with Crippen LogP contribution in [0.4, 0.5) is 5.69 Å². The topological polar surface area (TPSA) is 47.6 Å². The summed E-state index contributed by atoms with van der Waals surface area (Å²) in [6, 6.07) is 13.2. The number of para-hydroxylation sites is 1. The number of rotatable bonds is 6. The van der Waals surface area contributed by atoms with E-state index in [4.69, 9.17) is 9.47 Å². The van der Waals surface area contributed by atoms with Crippen molar-refractivity contribution < 1.29 is 14.3 Å². The summed E-state index contributed by atoms with van der Waals surface area (Å²) in [5, 5.41) is 2.98. The van der Waals surface area contributed by atoms with Crippen LogP contribution < -0.4 is 14.8 Å². The van der Waals surface area contributed by atoms with Gasteiger partial charge >= 0.3 is 0 Å². The number of benzene rings is 2. The van der Waals surface area contributed by atoms with Gasteiger partial charge in [-0.25, -0.2) is 0 Å². The van der Waals surface area contributed by atoms with Crippen molar-refractivity contribution in [1.82, 2.24) is 0 Å². The lowest BCUT2D eigenvalue weighted by Crippen LogP contribution is -2.32. The van der Waals surface area contributed by atoms with Crippen molar-refractivity contribution in [3.8, 4) is 11.5 Å². The van der Waals surface area contributed by atoms with Crippen LogP contribution in [0, 0.1) is 13.8 Å². The van der Waals surface area contributed by atoms with Crippen molar-refractivity contribution in [2.75, 3.05) is 12.4 Å². The zero-order valence-corrected chi connectivity index (χ0v) is 14.1. The van der Waals surface area contributed by atoms with Crippen molar-refractivity contribution in [3.05, 3.63) is 53.6 Å². The van der Waals surface area contributed by atoms with Crippen LogP contribution in [0.15, 0.2) is 42.5 Å². The zero-order valence-electron chi connectivity index (χ0n) is 14.1. The van der Waals surface area contributed by atoms with Gasteiger partial charge in [0.15, 0.2) is 6.10 Å². The number of amides is 1. The SMILES string of the molecule is CCC(Oc1cccc(OC)c1)C(=O)Nc1c(C)cccc1C. The molecule has 23 heavy (non-hydrogen) atoms. The summed E-state index contributed by atoms with van der Waals surface area (Å²) in [5.74, 6) is 1.17. The molecule has 1 unspecified atom stereocenters. The second-order valence-electron chi connectivity index (χ2n) is 5.45. The smallest absolute Gasteiger partial charge is 0.265 e. The molecule has 0 aliphatic rings. The van der Waals surface area contributed by atoms with E-state index in [0.29, 0.717) is 17.9 Å². The van der Waals surface area contributed by atoms with Crippen molar-refractivity contribution >= 4 is 11.6 Å². The summed E-state index contributed by atoms with van der Waals surface area (Å²) < 4.78 is 11.0. The highest BCUT2D eigenvalue weighted by Crippen LogP contribution is 2.23. The summed E-state index contributed by atoms with van der Waals surface area (Å²) in [7, 11) is 1.60.